The van der Waals surface area contributed by atoms with Gasteiger partial charge in [0, 0.05) is 17.7 Å². The van der Waals surface area contributed by atoms with Gasteiger partial charge in [0.25, 0.3) is 0 Å². The van der Waals surface area contributed by atoms with Crippen molar-refractivity contribution >= 4 is 11.0 Å². The molecule has 0 atom stereocenters. The molecule has 0 fully saturated rings. The predicted molar refractivity (Wildman–Crippen MR) is 107 cm³/mol. The van der Waals surface area contributed by atoms with Crippen LogP contribution in [0.25, 0.3) is 22.3 Å². The lowest BCUT2D eigenvalue weighted by Gasteiger charge is -2.13. The number of ether oxygens (including phenoxy) is 2. The standard InChI is InChI=1S/C23H18O5/c1-26-18-12-17(24)13-19-20(18)21(25)23(27-14-15-8-4-2-5-9-15)22(28-19)16-10-6-3-7-11-16/h2-13,24H,14H2,1H3. The van der Waals surface area contributed by atoms with Gasteiger partial charge in [-0.2, -0.15) is 0 Å². The summed E-state index contributed by atoms with van der Waals surface area (Å²) in [5, 5.41) is 10.2. The van der Waals surface area contributed by atoms with E-state index < -0.39 is 0 Å². The Bertz CT molecular complexity index is 1160. The van der Waals surface area contributed by atoms with E-state index >= 15 is 0 Å². The van der Waals surface area contributed by atoms with Crippen molar-refractivity contribution < 1.29 is 19.0 Å². The van der Waals surface area contributed by atoms with E-state index in [1.165, 1.54) is 19.2 Å². The van der Waals surface area contributed by atoms with Gasteiger partial charge in [-0.25, -0.2) is 0 Å². The van der Waals surface area contributed by atoms with Crippen LogP contribution in [0.4, 0.5) is 0 Å². The first kappa shape index (κ1) is 17.7. The van der Waals surface area contributed by atoms with Crippen molar-refractivity contribution in [3.63, 3.8) is 0 Å². The van der Waals surface area contributed by atoms with Crippen molar-refractivity contribution in [3.05, 3.63) is 88.6 Å². The maximum Gasteiger partial charge on any atom is 0.239 e. The van der Waals surface area contributed by atoms with Crippen molar-refractivity contribution in [2.45, 2.75) is 6.61 Å². The second kappa shape index (κ2) is 7.48. The molecule has 1 aromatic heterocycles. The number of rotatable bonds is 5. The zero-order chi connectivity index (χ0) is 19.5. The molecule has 0 saturated carbocycles. The second-order valence-electron chi connectivity index (χ2n) is 6.25. The monoisotopic (exact) mass is 374 g/mol. The molecule has 0 spiro atoms. The van der Waals surface area contributed by atoms with Crippen molar-refractivity contribution in [2.24, 2.45) is 0 Å². The highest BCUT2D eigenvalue weighted by Gasteiger charge is 2.21. The zero-order valence-corrected chi connectivity index (χ0v) is 15.2. The molecule has 0 aliphatic rings. The molecule has 5 nitrogen and oxygen atoms in total. The van der Waals surface area contributed by atoms with Crippen LogP contribution in [-0.4, -0.2) is 12.2 Å². The molecule has 4 rings (SSSR count). The van der Waals surface area contributed by atoms with Crippen LogP contribution in [0.2, 0.25) is 0 Å². The van der Waals surface area contributed by atoms with Gasteiger partial charge in [-0.15, -0.1) is 0 Å². The van der Waals surface area contributed by atoms with E-state index in [-0.39, 0.29) is 40.3 Å². The van der Waals surface area contributed by atoms with Gasteiger partial charge in [-0.1, -0.05) is 60.7 Å². The van der Waals surface area contributed by atoms with Crippen LogP contribution in [-0.2, 0) is 6.61 Å². The molecule has 0 amide bonds. The van der Waals surface area contributed by atoms with E-state index in [1.54, 1.807) is 0 Å². The van der Waals surface area contributed by atoms with Gasteiger partial charge >= 0.3 is 0 Å². The number of phenolic OH excluding ortho intramolecular Hbond substituents is 1. The van der Waals surface area contributed by atoms with Gasteiger partial charge < -0.3 is 19.0 Å². The number of hydrogen-bond acceptors (Lipinski definition) is 5. The van der Waals surface area contributed by atoms with E-state index in [4.69, 9.17) is 13.9 Å². The van der Waals surface area contributed by atoms with Crippen LogP contribution in [0.15, 0.2) is 82.0 Å². The highest BCUT2D eigenvalue weighted by atomic mass is 16.5. The number of hydrogen-bond donors (Lipinski definition) is 1. The Morgan fingerprint density at radius 1 is 0.964 bits per heavy atom. The lowest BCUT2D eigenvalue weighted by Crippen LogP contribution is -2.11. The van der Waals surface area contributed by atoms with Crippen LogP contribution >= 0.6 is 0 Å². The Morgan fingerprint density at radius 3 is 2.32 bits per heavy atom. The molecule has 28 heavy (non-hydrogen) atoms. The van der Waals surface area contributed by atoms with Crippen LogP contribution in [0.3, 0.4) is 0 Å². The summed E-state index contributed by atoms with van der Waals surface area (Å²) in [5.74, 6) is 0.589. The van der Waals surface area contributed by atoms with Crippen LogP contribution in [0, 0.1) is 0 Å². The van der Waals surface area contributed by atoms with Gasteiger partial charge in [0.15, 0.2) is 5.76 Å². The minimum absolute atomic E-state index is 0.0514. The number of fused-ring (bicyclic) bond motifs is 1. The number of phenols is 1. The fraction of sp³-hybridized carbons (Fsp3) is 0.0870. The number of methoxy groups -OCH3 is 1. The topological polar surface area (TPSA) is 68.9 Å². The average molecular weight is 374 g/mol. The first-order chi connectivity index (χ1) is 13.7. The first-order valence-corrected chi connectivity index (χ1v) is 8.77. The molecule has 0 unspecified atom stereocenters. The number of aromatic hydroxyl groups is 1. The molecule has 1 heterocycles. The predicted octanol–water partition coefficient (Wildman–Crippen LogP) is 4.75. The molecule has 0 aliphatic carbocycles. The van der Waals surface area contributed by atoms with Gasteiger partial charge in [0.05, 0.1) is 7.11 Å². The molecular formula is C23H18O5. The fourth-order valence-corrected chi connectivity index (χ4v) is 3.05. The highest BCUT2D eigenvalue weighted by molar-refractivity contribution is 5.88. The molecule has 140 valence electrons. The molecule has 0 bridgehead atoms. The third-order valence-electron chi connectivity index (χ3n) is 4.38. The quantitative estimate of drug-likeness (QED) is 0.546. The average Bonchev–Trinajstić information content (AvgIpc) is 2.73. The lowest BCUT2D eigenvalue weighted by molar-refractivity contribution is 0.297. The first-order valence-electron chi connectivity index (χ1n) is 8.77. The Labute approximate surface area is 161 Å². The molecule has 1 N–H and O–H groups in total. The summed E-state index contributed by atoms with van der Waals surface area (Å²) in [4.78, 5) is 13.3. The molecule has 3 aromatic carbocycles. The van der Waals surface area contributed by atoms with Gasteiger partial charge in [0.1, 0.15) is 29.1 Å². The van der Waals surface area contributed by atoms with Crippen LogP contribution < -0.4 is 14.9 Å². The van der Waals surface area contributed by atoms with E-state index in [2.05, 4.69) is 0 Å². The van der Waals surface area contributed by atoms with Crippen molar-refractivity contribution in [2.75, 3.05) is 7.11 Å². The molecule has 5 heteroatoms. The van der Waals surface area contributed by atoms with Gasteiger partial charge in [-0.3, -0.25) is 4.79 Å². The summed E-state index contributed by atoms with van der Waals surface area (Å²) in [5.41, 5.74) is 1.51. The minimum Gasteiger partial charge on any atom is -0.508 e. The lowest BCUT2D eigenvalue weighted by atomic mass is 10.1. The summed E-state index contributed by atoms with van der Waals surface area (Å²) >= 11 is 0. The normalized spacial score (nSPS) is 10.8. The molecular weight excluding hydrogens is 356 g/mol. The Morgan fingerprint density at radius 2 is 1.64 bits per heavy atom. The van der Waals surface area contributed by atoms with E-state index in [1.807, 2.05) is 60.7 Å². The summed E-state index contributed by atoms with van der Waals surface area (Å²) in [6.07, 6.45) is 0. The highest BCUT2D eigenvalue weighted by Crippen LogP contribution is 2.36. The SMILES string of the molecule is COc1cc(O)cc2oc(-c3ccccc3)c(OCc3ccccc3)c(=O)c12. The maximum absolute atomic E-state index is 13.3. The summed E-state index contributed by atoms with van der Waals surface area (Å²) in [6, 6.07) is 21.6. The fourth-order valence-electron chi connectivity index (χ4n) is 3.05. The largest absolute Gasteiger partial charge is 0.508 e. The summed E-state index contributed by atoms with van der Waals surface area (Å²) in [7, 11) is 1.43. The zero-order valence-electron chi connectivity index (χ0n) is 15.2. The van der Waals surface area contributed by atoms with Crippen molar-refractivity contribution in [1.82, 2.24) is 0 Å². The number of benzene rings is 3. The van der Waals surface area contributed by atoms with Crippen molar-refractivity contribution in [3.8, 4) is 28.6 Å². The van der Waals surface area contributed by atoms with E-state index in [0.717, 1.165) is 5.56 Å². The third kappa shape index (κ3) is 3.30. The van der Waals surface area contributed by atoms with E-state index in [9.17, 15) is 9.90 Å². The Balaban J connectivity index is 1.92. The smallest absolute Gasteiger partial charge is 0.239 e. The molecule has 0 radical (unpaired) electrons. The molecule has 0 saturated heterocycles. The van der Waals surface area contributed by atoms with E-state index in [0.29, 0.717) is 11.3 Å². The Kier molecular flexibility index (Phi) is 4.72. The second-order valence-corrected chi connectivity index (χ2v) is 6.25. The van der Waals surface area contributed by atoms with Gasteiger partial charge in [0.2, 0.25) is 11.2 Å². The van der Waals surface area contributed by atoms with Crippen molar-refractivity contribution in [1.29, 1.82) is 0 Å². The van der Waals surface area contributed by atoms with Gasteiger partial charge in [-0.05, 0) is 5.56 Å². The molecule has 0 aliphatic heterocycles. The van der Waals surface area contributed by atoms with Crippen LogP contribution in [0.1, 0.15) is 5.56 Å². The minimum atomic E-state index is -0.354. The molecule has 4 aromatic rings. The maximum atomic E-state index is 13.3. The van der Waals surface area contributed by atoms with Crippen LogP contribution in [0.5, 0.6) is 17.2 Å². The third-order valence-corrected chi connectivity index (χ3v) is 4.38. The summed E-state index contributed by atoms with van der Waals surface area (Å²) < 4.78 is 17.2. The Hall–Kier alpha value is -3.73. The summed E-state index contributed by atoms with van der Waals surface area (Å²) in [6.45, 7) is 0.220.